The summed E-state index contributed by atoms with van der Waals surface area (Å²) < 4.78 is 11.8. The van der Waals surface area contributed by atoms with Gasteiger partial charge in [-0.3, -0.25) is 4.79 Å². The number of nitrogens with two attached hydrogens (primary N) is 1. The number of pyridine rings is 1. The number of aromatic amines is 1. The molecule has 3 aromatic carbocycles. The Hall–Kier alpha value is -4.40. The second kappa shape index (κ2) is 11.3. The molecule has 0 bridgehead atoms. The minimum absolute atomic E-state index is 0.150. The number of ether oxygens (including phenoxy) is 2. The van der Waals surface area contributed by atoms with Crippen LogP contribution in [0, 0.1) is 0 Å². The van der Waals surface area contributed by atoms with Crippen molar-refractivity contribution in [1.29, 1.82) is 0 Å². The molecule has 8 heteroatoms. The van der Waals surface area contributed by atoms with Crippen LogP contribution in [0.2, 0.25) is 0 Å². The van der Waals surface area contributed by atoms with Gasteiger partial charge in [-0.25, -0.2) is 4.98 Å². The van der Waals surface area contributed by atoms with Crippen molar-refractivity contribution in [2.24, 2.45) is 5.73 Å². The molecule has 5 N–H and O–H groups in total. The summed E-state index contributed by atoms with van der Waals surface area (Å²) in [5, 5.41) is 16.1. The van der Waals surface area contributed by atoms with Crippen molar-refractivity contribution in [2.45, 2.75) is 25.5 Å². The van der Waals surface area contributed by atoms with Crippen LogP contribution in [-0.4, -0.2) is 46.3 Å². The van der Waals surface area contributed by atoms with Crippen molar-refractivity contribution >= 4 is 27.7 Å². The Balaban J connectivity index is 1.09. The number of nitrogens with zero attached hydrogens (tertiary/aromatic N) is 1. The summed E-state index contributed by atoms with van der Waals surface area (Å²) in [6, 6.07) is 25.1. The quantitative estimate of drug-likeness (QED) is 0.207. The predicted molar refractivity (Wildman–Crippen MR) is 148 cm³/mol. The Morgan fingerprint density at radius 1 is 1.03 bits per heavy atom. The number of benzene rings is 3. The fourth-order valence-corrected chi connectivity index (χ4v) is 4.40. The van der Waals surface area contributed by atoms with Crippen molar-refractivity contribution in [3.63, 3.8) is 0 Å². The third kappa shape index (κ3) is 5.94. The van der Waals surface area contributed by atoms with Gasteiger partial charge >= 0.3 is 0 Å². The smallest absolute Gasteiger partial charge is 0.250 e. The number of hydrogen-bond acceptors (Lipinski definition) is 6. The Morgan fingerprint density at radius 3 is 2.58 bits per heavy atom. The lowest BCUT2D eigenvalue weighted by molar-refractivity contribution is 0.1000. The van der Waals surface area contributed by atoms with Gasteiger partial charge in [-0.05, 0) is 55.3 Å². The number of aliphatic hydroxyl groups excluding tert-OH is 1. The van der Waals surface area contributed by atoms with Gasteiger partial charge in [0.1, 0.15) is 24.2 Å². The van der Waals surface area contributed by atoms with E-state index in [4.69, 9.17) is 15.2 Å². The molecule has 0 aliphatic heterocycles. The standard InChI is InChI=1S/C30H30N4O4/c1-19(15-20-9-12-23(13-10-20)38-28-14-11-21(16-33-28)30(31)36)32-17-22(35)18-37-27-8-4-7-26-29(27)24-5-2-3-6-25(24)34-26/h2-14,16,19,22,32,34-35H,15,17-18H2,1H3,(H2,31,36). The lowest BCUT2D eigenvalue weighted by atomic mass is 10.1. The van der Waals surface area contributed by atoms with Crippen LogP contribution in [0.4, 0.5) is 0 Å². The zero-order valence-electron chi connectivity index (χ0n) is 21.1. The average molecular weight is 511 g/mol. The normalized spacial score (nSPS) is 12.9. The first-order chi connectivity index (χ1) is 18.5. The van der Waals surface area contributed by atoms with E-state index in [1.807, 2.05) is 60.7 Å². The molecule has 0 fully saturated rings. The van der Waals surface area contributed by atoms with Gasteiger partial charge in [0.25, 0.3) is 0 Å². The topological polar surface area (TPSA) is 122 Å². The summed E-state index contributed by atoms with van der Waals surface area (Å²) in [6.45, 7) is 2.69. The van der Waals surface area contributed by atoms with E-state index >= 15 is 0 Å². The van der Waals surface area contributed by atoms with Crippen molar-refractivity contribution in [3.05, 3.63) is 96.2 Å². The van der Waals surface area contributed by atoms with E-state index in [0.29, 0.717) is 23.7 Å². The van der Waals surface area contributed by atoms with Crippen LogP contribution in [0.1, 0.15) is 22.8 Å². The van der Waals surface area contributed by atoms with Crippen LogP contribution in [0.25, 0.3) is 21.8 Å². The Bertz CT molecular complexity index is 1530. The van der Waals surface area contributed by atoms with Crippen molar-refractivity contribution in [2.75, 3.05) is 13.2 Å². The summed E-state index contributed by atoms with van der Waals surface area (Å²) in [6.07, 6.45) is 1.53. The van der Waals surface area contributed by atoms with E-state index in [1.54, 1.807) is 12.1 Å². The zero-order chi connectivity index (χ0) is 26.5. The molecule has 0 spiro atoms. The van der Waals surface area contributed by atoms with Crippen LogP contribution in [0.15, 0.2) is 85.1 Å². The minimum atomic E-state index is -0.651. The van der Waals surface area contributed by atoms with Crippen LogP contribution >= 0.6 is 0 Å². The van der Waals surface area contributed by atoms with Crippen LogP contribution in [0.3, 0.4) is 0 Å². The fourth-order valence-electron chi connectivity index (χ4n) is 4.40. The van der Waals surface area contributed by atoms with Gasteiger partial charge in [0.05, 0.1) is 11.1 Å². The molecule has 194 valence electrons. The number of aromatic nitrogens is 2. The van der Waals surface area contributed by atoms with E-state index in [9.17, 15) is 9.90 Å². The summed E-state index contributed by atoms with van der Waals surface area (Å²) in [7, 11) is 0. The molecule has 5 rings (SSSR count). The molecule has 0 aliphatic rings. The molecule has 2 heterocycles. The Labute approximate surface area is 220 Å². The largest absolute Gasteiger partial charge is 0.490 e. The highest BCUT2D eigenvalue weighted by molar-refractivity contribution is 6.10. The van der Waals surface area contributed by atoms with Crippen LogP contribution in [0.5, 0.6) is 17.4 Å². The summed E-state index contributed by atoms with van der Waals surface area (Å²) in [4.78, 5) is 18.7. The molecule has 0 saturated carbocycles. The Kier molecular flexibility index (Phi) is 7.53. The predicted octanol–water partition coefficient (Wildman–Crippen LogP) is 4.57. The van der Waals surface area contributed by atoms with Gasteiger partial charge in [-0.1, -0.05) is 36.4 Å². The third-order valence-corrected chi connectivity index (χ3v) is 6.33. The van der Waals surface area contributed by atoms with Crippen molar-refractivity contribution in [3.8, 4) is 17.4 Å². The highest BCUT2D eigenvalue weighted by atomic mass is 16.5. The highest BCUT2D eigenvalue weighted by Gasteiger charge is 2.13. The molecule has 0 aliphatic carbocycles. The molecule has 8 nitrogen and oxygen atoms in total. The first-order valence-electron chi connectivity index (χ1n) is 12.5. The lowest BCUT2D eigenvalue weighted by Crippen LogP contribution is -2.37. The van der Waals surface area contributed by atoms with Gasteiger partial charge in [-0.15, -0.1) is 0 Å². The molecule has 2 unspecified atom stereocenters. The first-order valence-corrected chi connectivity index (χ1v) is 12.5. The number of amides is 1. The number of hydrogen-bond donors (Lipinski definition) is 4. The molecule has 2 atom stereocenters. The molecular formula is C30H30N4O4. The number of H-pyrrole nitrogens is 1. The molecule has 0 saturated heterocycles. The molecular weight excluding hydrogens is 480 g/mol. The van der Waals surface area contributed by atoms with Crippen LogP contribution < -0.4 is 20.5 Å². The van der Waals surface area contributed by atoms with E-state index < -0.39 is 12.0 Å². The summed E-state index contributed by atoms with van der Waals surface area (Å²) in [5.74, 6) is 1.26. The van der Waals surface area contributed by atoms with Gasteiger partial charge < -0.3 is 30.6 Å². The Morgan fingerprint density at radius 2 is 1.82 bits per heavy atom. The number of aliphatic hydroxyl groups is 1. The van der Waals surface area contributed by atoms with Gasteiger partial charge in [0.2, 0.25) is 11.8 Å². The molecule has 2 aromatic heterocycles. The molecule has 0 radical (unpaired) electrons. The van der Waals surface area contributed by atoms with Gasteiger partial charge in [-0.2, -0.15) is 0 Å². The van der Waals surface area contributed by atoms with E-state index in [2.05, 4.69) is 28.3 Å². The molecule has 38 heavy (non-hydrogen) atoms. The number of carbonyl (C=O) groups is 1. The summed E-state index contributed by atoms with van der Waals surface area (Å²) >= 11 is 0. The van der Waals surface area contributed by atoms with Crippen molar-refractivity contribution < 1.29 is 19.4 Å². The molecule has 5 aromatic rings. The number of fused-ring (bicyclic) bond motifs is 3. The third-order valence-electron chi connectivity index (χ3n) is 6.33. The number of carbonyl (C=O) groups excluding carboxylic acids is 1. The number of para-hydroxylation sites is 1. The first kappa shape index (κ1) is 25.3. The maximum absolute atomic E-state index is 11.2. The van der Waals surface area contributed by atoms with E-state index in [-0.39, 0.29) is 12.6 Å². The zero-order valence-corrected chi connectivity index (χ0v) is 21.1. The van der Waals surface area contributed by atoms with Gasteiger partial charge in [0.15, 0.2) is 0 Å². The van der Waals surface area contributed by atoms with Crippen LogP contribution in [-0.2, 0) is 6.42 Å². The average Bonchev–Trinajstić information content (AvgIpc) is 3.31. The molecule has 1 amide bonds. The second-order valence-corrected chi connectivity index (χ2v) is 9.32. The highest BCUT2D eigenvalue weighted by Crippen LogP contribution is 2.33. The van der Waals surface area contributed by atoms with Gasteiger partial charge in [0, 0.05) is 41.1 Å². The maximum Gasteiger partial charge on any atom is 0.250 e. The number of rotatable bonds is 11. The monoisotopic (exact) mass is 510 g/mol. The van der Waals surface area contributed by atoms with Crippen molar-refractivity contribution in [1.82, 2.24) is 15.3 Å². The van der Waals surface area contributed by atoms with E-state index in [1.165, 1.54) is 6.20 Å². The fraction of sp³-hybridized carbons (Fsp3) is 0.200. The number of primary amides is 1. The van der Waals surface area contributed by atoms with E-state index in [0.717, 1.165) is 39.5 Å². The number of nitrogens with one attached hydrogen (secondary N) is 2. The second-order valence-electron chi connectivity index (χ2n) is 9.32. The lowest BCUT2D eigenvalue weighted by Gasteiger charge is -2.18. The minimum Gasteiger partial charge on any atom is -0.490 e. The SMILES string of the molecule is CC(Cc1ccc(Oc2ccc(C(N)=O)cn2)cc1)NCC(O)COc1cccc2[nH]c3ccccc3c12. The maximum atomic E-state index is 11.2. The summed E-state index contributed by atoms with van der Waals surface area (Å²) in [5.41, 5.74) is 8.77.